The molecule has 1 aliphatic rings. The zero-order chi connectivity index (χ0) is 30.1. The Morgan fingerprint density at radius 3 is 2.21 bits per heavy atom. The lowest BCUT2D eigenvalue weighted by molar-refractivity contribution is -0.885. The molecule has 1 aliphatic heterocycles. The monoisotopic (exact) mass is 597 g/mol. The maximum absolute atomic E-state index is 13.4. The molecular weight excluding hydrogens is 557 g/mol. The van der Waals surface area contributed by atoms with Crippen LogP contribution in [-0.4, -0.2) is 56.7 Å². The van der Waals surface area contributed by atoms with Gasteiger partial charge in [0, 0.05) is 32.0 Å². The summed E-state index contributed by atoms with van der Waals surface area (Å²) in [5.74, 6) is 0.720. The molecule has 1 heterocycles. The van der Waals surface area contributed by atoms with Crippen LogP contribution in [0.1, 0.15) is 42.9 Å². The highest BCUT2D eigenvalue weighted by atomic mass is 32.2. The molecule has 1 atom stereocenters. The second kappa shape index (κ2) is 14.6. The number of nitrogens with one attached hydrogen (secondary N) is 2. The smallest absolute Gasteiger partial charge is 0.318 e. The summed E-state index contributed by atoms with van der Waals surface area (Å²) in [4.78, 5) is 16.4. The second-order valence-corrected chi connectivity index (χ2v) is 12.7. The number of halogens is 1. The fraction of sp³-hybridized carbons (Fsp3) is 0.406. The van der Waals surface area contributed by atoms with Gasteiger partial charge in [-0.3, -0.25) is 0 Å². The van der Waals surface area contributed by atoms with E-state index in [0.717, 1.165) is 61.2 Å². The number of urea groups is 1. The molecule has 0 radical (unpaired) electrons. The molecule has 0 bridgehead atoms. The molecule has 3 aromatic rings. The summed E-state index contributed by atoms with van der Waals surface area (Å²) >= 11 is 0. The van der Waals surface area contributed by atoms with Gasteiger partial charge in [-0.1, -0.05) is 43.3 Å². The average molecular weight is 598 g/mol. The van der Waals surface area contributed by atoms with Gasteiger partial charge in [-0.05, 0) is 71.8 Å². The minimum absolute atomic E-state index is 0.123. The molecule has 2 N–H and O–H groups in total. The number of aryl methyl sites for hydroxylation is 1. The first kappa shape index (κ1) is 31.5. The zero-order valence-electron chi connectivity index (χ0n) is 24.2. The SMILES string of the molecule is CC(CCc1ccc(S(=O)(=O)[O-])cc1)COc1ccc(CNC(=O)N(Cc2ccc(F)cc2)C2CC[NH+](C)CC2)cc1. The van der Waals surface area contributed by atoms with Crippen LogP contribution in [0.5, 0.6) is 5.75 Å². The molecule has 10 heteroatoms. The molecule has 8 nitrogen and oxygen atoms in total. The predicted molar refractivity (Wildman–Crippen MR) is 158 cm³/mol. The molecule has 1 fully saturated rings. The van der Waals surface area contributed by atoms with Crippen LogP contribution in [-0.2, 0) is 29.6 Å². The van der Waals surface area contributed by atoms with Crippen LogP contribution in [0.25, 0.3) is 0 Å². The van der Waals surface area contributed by atoms with Crippen molar-refractivity contribution in [3.05, 3.63) is 95.3 Å². The quantitative estimate of drug-likeness (QED) is 0.310. The van der Waals surface area contributed by atoms with Crippen LogP contribution in [0, 0.1) is 11.7 Å². The highest BCUT2D eigenvalue weighted by molar-refractivity contribution is 7.85. The summed E-state index contributed by atoms with van der Waals surface area (Å²) in [5, 5.41) is 3.07. The number of likely N-dealkylation sites (tertiary alicyclic amines) is 1. The Balaban J connectivity index is 1.24. The molecule has 1 saturated heterocycles. The second-order valence-electron chi connectivity index (χ2n) is 11.3. The van der Waals surface area contributed by atoms with Crippen molar-refractivity contribution >= 4 is 16.1 Å². The number of rotatable bonds is 12. The normalized spacial score (nSPS) is 17.8. The van der Waals surface area contributed by atoms with E-state index in [2.05, 4.69) is 19.3 Å². The predicted octanol–water partition coefficient (Wildman–Crippen LogP) is 3.77. The largest absolute Gasteiger partial charge is 0.744 e. The van der Waals surface area contributed by atoms with Crippen LogP contribution < -0.4 is 15.0 Å². The summed E-state index contributed by atoms with van der Waals surface area (Å²) in [6.07, 6.45) is 3.46. The molecule has 0 aromatic heterocycles. The molecule has 4 rings (SSSR count). The first-order valence-corrected chi connectivity index (χ1v) is 15.8. The average Bonchev–Trinajstić information content (AvgIpc) is 2.98. The van der Waals surface area contributed by atoms with Crippen molar-refractivity contribution < 1.29 is 31.8 Å². The molecular formula is C32H40FN3O5S. The maximum Gasteiger partial charge on any atom is 0.318 e. The van der Waals surface area contributed by atoms with Gasteiger partial charge < -0.3 is 24.4 Å². The number of amides is 2. The molecule has 226 valence electrons. The summed E-state index contributed by atoms with van der Waals surface area (Å²) in [5.41, 5.74) is 2.83. The van der Waals surface area contributed by atoms with Gasteiger partial charge >= 0.3 is 6.03 Å². The summed E-state index contributed by atoms with van der Waals surface area (Å²) < 4.78 is 52.6. The molecule has 1 unspecified atom stereocenters. The topological polar surface area (TPSA) is 103 Å². The van der Waals surface area contributed by atoms with E-state index in [1.807, 2.05) is 29.2 Å². The lowest BCUT2D eigenvalue weighted by Crippen LogP contribution is -3.10. The van der Waals surface area contributed by atoms with Gasteiger partial charge in [-0.15, -0.1) is 0 Å². The molecule has 2 amide bonds. The number of carbonyl (C=O) groups excluding carboxylic acids is 1. The maximum atomic E-state index is 13.4. The number of hydrogen-bond donors (Lipinski definition) is 2. The summed E-state index contributed by atoms with van der Waals surface area (Å²) in [6, 6.07) is 20.1. The van der Waals surface area contributed by atoms with Gasteiger partial charge in [0.15, 0.2) is 0 Å². The Hall–Kier alpha value is -3.47. The van der Waals surface area contributed by atoms with Crippen molar-refractivity contribution in [3.8, 4) is 5.75 Å². The third kappa shape index (κ3) is 9.54. The number of nitrogens with zero attached hydrogens (tertiary/aromatic N) is 1. The fourth-order valence-corrected chi connectivity index (χ4v) is 5.57. The minimum atomic E-state index is -4.43. The number of carbonyl (C=O) groups is 1. The minimum Gasteiger partial charge on any atom is -0.744 e. The van der Waals surface area contributed by atoms with Gasteiger partial charge in [-0.2, -0.15) is 0 Å². The highest BCUT2D eigenvalue weighted by Crippen LogP contribution is 2.19. The summed E-state index contributed by atoms with van der Waals surface area (Å²) in [7, 11) is -2.26. The van der Waals surface area contributed by atoms with Crippen LogP contribution >= 0.6 is 0 Å². The van der Waals surface area contributed by atoms with Crippen molar-refractivity contribution in [2.45, 2.75) is 56.6 Å². The first-order chi connectivity index (χ1) is 20.1. The van der Waals surface area contributed by atoms with Gasteiger partial charge in [-0.25, -0.2) is 17.6 Å². The van der Waals surface area contributed by atoms with Gasteiger partial charge in [0.1, 0.15) is 21.7 Å². The van der Waals surface area contributed by atoms with Crippen molar-refractivity contribution in [2.75, 3.05) is 26.7 Å². The fourth-order valence-electron chi connectivity index (χ4n) is 5.10. The van der Waals surface area contributed by atoms with E-state index in [-0.39, 0.29) is 28.7 Å². The zero-order valence-corrected chi connectivity index (χ0v) is 25.0. The summed E-state index contributed by atoms with van der Waals surface area (Å²) in [6.45, 7) is 5.47. The van der Waals surface area contributed by atoms with Gasteiger partial charge in [0.25, 0.3) is 0 Å². The van der Waals surface area contributed by atoms with Crippen LogP contribution in [0.4, 0.5) is 9.18 Å². The Labute approximate surface area is 248 Å². The lowest BCUT2D eigenvalue weighted by Gasteiger charge is -2.36. The number of piperidine rings is 1. The molecule has 0 spiro atoms. The van der Waals surface area contributed by atoms with E-state index >= 15 is 0 Å². The van der Waals surface area contributed by atoms with Crippen molar-refractivity contribution in [2.24, 2.45) is 5.92 Å². The van der Waals surface area contributed by atoms with Crippen molar-refractivity contribution in [1.82, 2.24) is 10.2 Å². The Morgan fingerprint density at radius 1 is 1.00 bits per heavy atom. The lowest BCUT2D eigenvalue weighted by atomic mass is 10.0. The number of benzene rings is 3. The van der Waals surface area contributed by atoms with Crippen LogP contribution in [0.2, 0.25) is 0 Å². The number of hydrogen-bond acceptors (Lipinski definition) is 5. The number of ether oxygens (including phenoxy) is 1. The standard InChI is InChI=1S/C32H40FN3O5S/c1-24(3-4-25-9-15-31(16-10-25)42(38,39)40)23-41-30-13-7-26(8-14-30)21-34-32(37)36(29-17-19-35(2)20-18-29)22-27-5-11-28(33)12-6-27/h5-16,24,29H,3-4,17-23H2,1-2H3,(H,34,37)(H,38,39,40). The Kier molecular flexibility index (Phi) is 11.0. The first-order valence-electron chi connectivity index (χ1n) is 14.4. The van der Waals surface area contributed by atoms with E-state index in [1.165, 1.54) is 29.2 Å². The van der Waals surface area contributed by atoms with Crippen molar-refractivity contribution in [1.29, 1.82) is 0 Å². The Bertz CT molecular complexity index is 1390. The molecule has 0 aliphatic carbocycles. The van der Waals surface area contributed by atoms with Gasteiger partial charge in [0.05, 0.1) is 31.6 Å². The molecule has 3 aromatic carbocycles. The van der Waals surface area contributed by atoms with E-state index in [9.17, 15) is 22.2 Å². The Morgan fingerprint density at radius 2 is 1.60 bits per heavy atom. The highest BCUT2D eigenvalue weighted by Gasteiger charge is 2.28. The third-order valence-electron chi connectivity index (χ3n) is 7.82. The van der Waals surface area contributed by atoms with Crippen molar-refractivity contribution in [3.63, 3.8) is 0 Å². The van der Waals surface area contributed by atoms with E-state index in [1.54, 1.807) is 24.3 Å². The van der Waals surface area contributed by atoms with Crippen LogP contribution in [0.3, 0.4) is 0 Å². The van der Waals surface area contributed by atoms with E-state index < -0.39 is 10.1 Å². The third-order valence-corrected chi connectivity index (χ3v) is 8.67. The van der Waals surface area contributed by atoms with Crippen LogP contribution in [0.15, 0.2) is 77.7 Å². The van der Waals surface area contributed by atoms with Gasteiger partial charge in [0.2, 0.25) is 0 Å². The molecule has 0 saturated carbocycles. The van der Waals surface area contributed by atoms with E-state index in [0.29, 0.717) is 19.7 Å². The number of quaternary nitrogens is 1. The molecule has 42 heavy (non-hydrogen) atoms. The van der Waals surface area contributed by atoms with E-state index in [4.69, 9.17) is 4.74 Å².